The van der Waals surface area contributed by atoms with Crippen molar-refractivity contribution in [1.82, 2.24) is 20.4 Å². The van der Waals surface area contributed by atoms with Crippen LogP contribution >= 0.6 is 0 Å². The van der Waals surface area contributed by atoms with Gasteiger partial charge in [0.25, 0.3) is 0 Å². The molecule has 0 aromatic rings. The smallest absolute Gasteiger partial charge is 0.223 e. The molecule has 0 radical (unpaired) electrons. The summed E-state index contributed by atoms with van der Waals surface area (Å²) in [5.74, 6) is 0.711. The first-order valence-electron chi connectivity index (χ1n) is 7.90. The standard InChI is InChI=1S/C13H28N6O5/c20-6-1-14-11-16-12(15-2-7-21)19(5-10-24)13(17-11)18(3-8-22)4-9-23/h12,15,20-24H,1-10H2,(H,14,16). The monoisotopic (exact) mass is 348 g/mol. The van der Waals surface area contributed by atoms with Crippen LogP contribution in [0.5, 0.6) is 0 Å². The lowest BCUT2D eigenvalue weighted by Crippen LogP contribution is -2.66. The van der Waals surface area contributed by atoms with Gasteiger partial charge in [-0.15, -0.1) is 0 Å². The van der Waals surface area contributed by atoms with E-state index in [4.69, 9.17) is 10.2 Å². The van der Waals surface area contributed by atoms with Crippen LogP contribution in [0.15, 0.2) is 9.98 Å². The average molecular weight is 348 g/mol. The van der Waals surface area contributed by atoms with Crippen LogP contribution in [0, 0.1) is 0 Å². The number of β-amino-alcohol motifs (C(OH)–C–C–N with tert-alkyl or cyclic N) is 1. The number of aliphatic hydroxyl groups excluding tert-OH is 5. The molecule has 0 bridgehead atoms. The van der Waals surface area contributed by atoms with Gasteiger partial charge in [0.15, 0.2) is 6.29 Å². The Hall–Kier alpha value is -1.50. The maximum atomic E-state index is 9.35. The number of nitrogens with zero attached hydrogens (tertiary/aromatic N) is 4. The van der Waals surface area contributed by atoms with Gasteiger partial charge < -0.3 is 40.6 Å². The predicted octanol–water partition coefficient (Wildman–Crippen LogP) is -4.26. The van der Waals surface area contributed by atoms with Gasteiger partial charge in [-0.25, -0.2) is 4.99 Å². The fourth-order valence-corrected chi connectivity index (χ4v) is 2.25. The van der Waals surface area contributed by atoms with Crippen molar-refractivity contribution < 1.29 is 25.5 Å². The molecule has 1 rings (SSSR count). The largest absolute Gasteiger partial charge is 0.395 e. The Bertz CT molecular complexity index is 402. The Morgan fingerprint density at radius 2 is 1.75 bits per heavy atom. The quantitative estimate of drug-likeness (QED) is 0.196. The highest BCUT2D eigenvalue weighted by Gasteiger charge is 2.30. The maximum Gasteiger partial charge on any atom is 0.223 e. The number of rotatable bonds is 11. The molecule has 1 unspecified atom stereocenters. The van der Waals surface area contributed by atoms with Crippen molar-refractivity contribution in [2.24, 2.45) is 9.98 Å². The van der Waals surface area contributed by atoms with Crippen LogP contribution in [0.4, 0.5) is 0 Å². The van der Waals surface area contributed by atoms with Gasteiger partial charge >= 0.3 is 0 Å². The molecule has 0 saturated heterocycles. The minimum atomic E-state index is -0.492. The molecule has 0 saturated carbocycles. The van der Waals surface area contributed by atoms with Gasteiger partial charge in [0.2, 0.25) is 11.9 Å². The second-order valence-electron chi connectivity index (χ2n) is 4.92. The van der Waals surface area contributed by atoms with Gasteiger partial charge in [0, 0.05) is 26.2 Å². The molecule has 0 aromatic heterocycles. The summed E-state index contributed by atoms with van der Waals surface area (Å²) < 4.78 is 0. The van der Waals surface area contributed by atoms with Crippen molar-refractivity contribution in [3.8, 4) is 0 Å². The summed E-state index contributed by atoms with van der Waals surface area (Å²) in [4.78, 5) is 11.9. The summed E-state index contributed by atoms with van der Waals surface area (Å²) in [5.41, 5.74) is 0. The SMILES string of the molecule is OCCN=C1N=C(N(CCO)CCO)N(CCO)C(NCCO)N1. The van der Waals surface area contributed by atoms with E-state index in [1.54, 1.807) is 9.80 Å². The van der Waals surface area contributed by atoms with E-state index in [2.05, 4.69) is 20.6 Å². The molecule has 0 fully saturated rings. The Morgan fingerprint density at radius 1 is 1.04 bits per heavy atom. The number of aliphatic hydroxyl groups is 5. The molecule has 0 amide bonds. The minimum Gasteiger partial charge on any atom is -0.395 e. The molecule has 140 valence electrons. The third-order valence-corrected chi connectivity index (χ3v) is 3.21. The Kier molecular flexibility index (Phi) is 10.2. The maximum absolute atomic E-state index is 9.35. The molecule has 0 spiro atoms. The highest BCUT2D eigenvalue weighted by Crippen LogP contribution is 2.08. The molecule has 24 heavy (non-hydrogen) atoms. The van der Waals surface area contributed by atoms with Crippen molar-refractivity contribution in [2.75, 3.05) is 65.8 Å². The summed E-state index contributed by atoms with van der Waals surface area (Å²) in [5, 5.41) is 51.9. The fraction of sp³-hybridized carbons (Fsp3) is 0.846. The second kappa shape index (κ2) is 11.9. The van der Waals surface area contributed by atoms with Crippen LogP contribution in [-0.4, -0.2) is 119 Å². The van der Waals surface area contributed by atoms with Gasteiger partial charge in [-0.2, -0.15) is 4.99 Å². The third kappa shape index (κ3) is 6.19. The minimum absolute atomic E-state index is 0.0717. The zero-order valence-corrected chi connectivity index (χ0v) is 13.7. The predicted molar refractivity (Wildman–Crippen MR) is 88.4 cm³/mol. The van der Waals surface area contributed by atoms with Crippen LogP contribution in [0.25, 0.3) is 0 Å². The molecule has 1 atom stereocenters. The Morgan fingerprint density at radius 3 is 2.29 bits per heavy atom. The van der Waals surface area contributed by atoms with E-state index in [0.717, 1.165) is 0 Å². The van der Waals surface area contributed by atoms with Gasteiger partial charge in [0.1, 0.15) is 0 Å². The summed E-state index contributed by atoms with van der Waals surface area (Å²) in [6, 6.07) is 0. The highest BCUT2D eigenvalue weighted by atomic mass is 16.3. The molecule has 0 aromatic carbocycles. The van der Waals surface area contributed by atoms with Gasteiger partial charge in [-0.3, -0.25) is 5.32 Å². The zero-order chi connectivity index (χ0) is 17.8. The van der Waals surface area contributed by atoms with Gasteiger partial charge in [-0.1, -0.05) is 0 Å². The number of hydrogen-bond donors (Lipinski definition) is 7. The first-order chi connectivity index (χ1) is 11.7. The van der Waals surface area contributed by atoms with Crippen LogP contribution < -0.4 is 10.6 Å². The normalized spacial score (nSPS) is 19.4. The number of nitrogens with one attached hydrogen (secondary N) is 2. The number of hydrogen-bond acceptors (Lipinski definition) is 9. The second-order valence-corrected chi connectivity index (χ2v) is 4.92. The zero-order valence-electron chi connectivity index (χ0n) is 13.7. The van der Waals surface area contributed by atoms with Crippen LogP contribution in [-0.2, 0) is 0 Å². The van der Waals surface area contributed by atoms with Crippen molar-refractivity contribution >= 4 is 11.9 Å². The van der Waals surface area contributed by atoms with E-state index in [1.165, 1.54) is 0 Å². The first-order valence-corrected chi connectivity index (χ1v) is 7.90. The average Bonchev–Trinajstić information content (AvgIpc) is 2.59. The summed E-state index contributed by atoms with van der Waals surface area (Å²) in [6.45, 7) is 0.645. The Labute approximate surface area is 140 Å². The molecular weight excluding hydrogens is 320 g/mol. The topological polar surface area (TPSA) is 156 Å². The number of aliphatic imine (C=N–C) groups is 2. The molecule has 1 aliphatic rings. The van der Waals surface area contributed by atoms with E-state index in [9.17, 15) is 15.3 Å². The number of guanidine groups is 2. The summed E-state index contributed by atoms with van der Waals surface area (Å²) in [6.07, 6.45) is -0.492. The lowest BCUT2D eigenvalue weighted by Gasteiger charge is -2.42. The molecule has 1 aliphatic heterocycles. The molecule has 1 heterocycles. The first kappa shape index (κ1) is 20.5. The lowest BCUT2D eigenvalue weighted by atomic mass is 10.4. The van der Waals surface area contributed by atoms with Crippen molar-refractivity contribution in [3.05, 3.63) is 0 Å². The summed E-state index contributed by atoms with van der Waals surface area (Å²) >= 11 is 0. The van der Waals surface area contributed by atoms with E-state index < -0.39 is 6.29 Å². The molecule has 11 heteroatoms. The van der Waals surface area contributed by atoms with E-state index >= 15 is 0 Å². The molecule has 7 N–H and O–H groups in total. The van der Waals surface area contributed by atoms with Gasteiger partial charge in [-0.05, 0) is 0 Å². The van der Waals surface area contributed by atoms with Crippen molar-refractivity contribution in [3.63, 3.8) is 0 Å². The molecule has 0 aliphatic carbocycles. The van der Waals surface area contributed by atoms with E-state index in [1.807, 2.05) is 0 Å². The summed E-state index contributed by atoms with van der Waals surface area (Å²) in [7, 11) is 0. The van der Waals surface area contributed by atoms with Crippen LogP contribution in [0.3, 0.4) is 0 Å². The Balaban J connectivity index is 3.12. The molecule has 11 nitrogen and oxygen atoms in total. The van der Waals surface area contributed by atoms with Crippen LogP contribution in [0.1, 0.15) is 0 Å². The third-order valence-electron chi connectivity index (χ3n) is 3.21. The highest BCUT2D eigenvalue weighted by molar-refractivity contribution is 5.97. The van der Waals surface area contributed by atoms with Crippen molar-refractivity contribution in [1.29, 1.82) is 0 Å². The lowest BCUT2D eigenvalue weighted by molar-refractivity contribution is 0.142. The van der Waals surface area contributed by atoms with Gasteiger partial charge in [0.05, 0.1) is 39.6 Å². The van der Waals surface area contributed by atoms with Crippen molar-refractivity contribution in [2.45, 2.75) is 6.29 Å². The van der Waals surface area contributed by atoms with Crippen LogP contribution in [0.2, 0.25) is 0 Å². The fourth-order valence-electron chi connectivity index (χ4n) is 2.25. The molecular formula is C13H28N6O5. The van der Waals surface area contributed by atoms with E-state index in [-0.39, 0.29) is 65.2 Å². The van der Waals surface area contributed by atoms with E-state index in [0.29, 0.717) is 12.5 Å².